The molecule has 0 aliphatic heterocycles. The first-order valence-corrected chi connectivity index (χ1v) is 4.86. The van der Waals surface area contributed by atoms with Crippen molar-refractivity contribution in [2.75, 3.05) is 5.32 Å². The summed E-state index contributed by atoms with van der Waals surface area (Å²) in [5, 5.41) is 4.11. The number of rotatable bonds is 2. The minimum atomic E-state index is 0.588. The number of halogens is 1. The van der Waals surface area contributed by atoms with E-state index in [0.29, 0.717) is 16.9 Å². The summed E-state index contributed by atoms with van der Waals surface area (Å²) in [6.07, 6.45) is 2.35. The molecule has 1 heterocycles. The van der Waals surface area contributed by atoms with Gasteiger partial charge < -0.3 is 5.32 Å². The number of hydrogen-bond donors (Lipinski definition) is 1. The van der Waals surface area contributed by atoms with Gasteiger partial charge in [-0.25, -0.2) is 0 Å². The average Bonchev–Trinajstić information content (AvgIpc) is 2.23. The predicted molar refractivity (Wildman–Crippen MR) is 61.2 cm³/mol. The lowest BCUT2D eigenvalue weighted by atomic mass is 10.1. The molecule has 0 bridgehead atoms. The Hall–Kier alpha value is -1.61. The summed E-state index contributed by atoms with van der Waals surface area (Å²) in [6, 6.07) is 5.38. The molecule has 3 nitrogen and oxygen atoms in total. The molecular weight excluding hydrogens is 212 g/mol. The first kappa shape index (κ1) is 9.93. The van der Waals surface area contributed by atoms with E-state index < -0.39 is 0 Å². The largest absolute Gasteiger partial charge is 0.328 e. The van der Waals surface area contributed by atoms with Gasteiger partial charge in [0.25, 0.3) is 0 Å². The fraction of sp³-hybridized carbons (Fsp3) is 0.0909. The molecule has 76 valence electrons. The highest BCUT2D eigenvalue weighted by Gasteiger charge is 2.07. The predicted octanol–water partition coefficient (Wildman–Crippen LogP) is 2.76. The van der Waals surface area contributed by atoms with Gasteiger partial charge in [-0.15, -0.1) is 0 Å². The fourth-order valence-corrected chi connectivity index (χ4v) is 1.79. The summed E-state index contributed by atoms with van der Waals surface area (Å²) in [6.45, 7) is 1.95. The Balaban J connectivity index is 2.83. The lowest BCUT2D eigenvalue weighted by molar-refractivity contribution is -0.105. The van der Waals surface area contributed by atoms with Gasteiger partial charge in [-0.1, -0.05) is 11.6 Å². The Morgan fingerprint density at radius 3 is 2.93 bits per heavy atom. The second-order valence-corrected chi connectivity index (χ2v) is 3.62. The number of anilines is 1. The van der Waals surface area contributed by atoms with Crippen molar-refractivity contribution in [1.82, 2.24) is 4.98 Å². The average molecular weight is 221 g/mol. The molecule has 2 rings (SSSR count). The van der Waals surface area contributed by atoms with Gasteiger partial charge in [0, 0.05) is 11.6 Å². The van der Waals surface area contributed by atoms with Crippen molar-refractivity contribution in [3.05, 3.63) is 35.0 Å². The number of fused-ring (bicyclic) bond motifs is 1. The summed E-state index contributed by atoms with van der Waals surface area (Å²) in [5.41, 5.74) is 2.48. The van der Waals surface area contributed by atoms with Crippen LogP contribution in [0.4, 0.5) is 5.69 Å². The molecule has 15 heavy (non-hydrogen) atoms. The lowest BCUT2D eigenvalue weighted by Gasteiger charge is -2.08. The van der Waals surface area contributed by atoms with Crippen LogP contribution in [0.25, 0.3) is 10.9 Å². The van der Waals surface area contributed by atoms with Gasteiger partial charge in [0.2, 0.25) is 6.41 Å². The van der Waals surface area contributed by atoms with Gasteiger partial charge >= 0.3 is 0 Å². The van der Waals surface area contributed by atoms with Gasteiger partial charge in [0.05, 0.1) is 16.2 Å². The summed E-state index contributed by atoms with van der Waals surface area (Å²) in [5.74, 6) is 0. The van der Waals surface area contributed by atoms with E-state index in [1.54, 1.807) is 18.3 Å². The number of hydrogen-bond acceptors (Lipinski definition) is 2. The molecule has 2 aromatic rings. The van der Waals surface area contributed by atoms with E-state index in [-0.39, 0.29) is 0 Å². The summed E-state index contributed by atoms with van der Waals surface area (Å²) < 4.78 is 0. The number of amides is 1. The zero-order valence-corrected chi connectivity index (χ0v) is 8.88. The van der Waals surface area contributed by atoms with Crippen molar-refractivity contribution < 1.29 is 4.79 Å². The van der Waals surface area contributed by atoms with E-state index in [4.69, 9.17) is 11.6 Å². The Kier molecular flexibility index (Phi) is 2.56. The molecule has 0 aliphatic rings. The van der Waals surface area contributed by atoms with Crippen LogP contribution in [-0.4, -0.2) is 11.4 Å². The number of benzene rings is 1. The molecule has 0 saturated heterocycles. The number of nitrogens with zero attached hydrogens (tertiary/aromatic N) is 1. The standard InChI is InChI=1S/C11H9ClN2O/c1-7-4-5-13-11-8(12)2-3-9(10(7)11)14-6-15/h2-6H,1H3,(H,14,15). The molecule has 1 amide bonds. The van der Waals surface area contributed by atoms with Gasteiger partial charge in [-0.3, -0.25) is 9.78 Å². The van der Waals surface area contributed by atoms with E-state index >= 15 is 0 Å². The summed E-state index contributed by atoms with van der Waals surface area (Å²) >= 11 is 6.02. The number of aryl methyl sites for hydroxylation is 1. The molecular formula is C11H9ClN2O. The zero-order valence-electron chi connectivity index (χ0n) is 8.12. The molecule has 0 atom stereocenters. The number of pyridine rings is 1. The van der Waals surface area contributed by atoms with Crippen molar-refractivity contribution in [1.29, 1.82) is 0 Å². The highest BCUT2D eigenvalue weighted by Crippen LogP contribution is 2.30. The molecule has 4 heteroatoms. The van der Waals surface area contributed by atoms with Crippen LogP contribution in [-0.2, 0) is 4.79 Å². The van der Waals surface area contributed by atoms with Crippen molar-refractivity contribution >= 4 is 34.6 Å². The van der Waals surface area contributed by atoms with Gasteiger partial charge in [0.1, 0.15) is 0 Å². The Morgan fingerprint density at radius 2 is 2.20 bits per heavy atom. The van der Waals surface area contributed by atoms with Crippen LogP contribution in [0.1, 0.15) is 5.56 Å². The molecule has 0 spiro atoms. The monoisotopic (exact) mass is 220 g/mol. The van der Waals surface area contributed by atoms with Gasteiger partial charge in [-0.2, -0.15) is 0 Å². The molecule has 0 saturated carbocycles. The molecule has 0 fully saturated rings. The fourth-order valence-electron chi connectivity index (χ4n) is 1.58. The summed E-state index contributed by atoms with van der Waals surface area (Å²) in [4.78, 5) is 14.6. The van der Waals surface area contributed by atoms with E-state index in [9.17, 15) is 4.79 Å². The van der Waals surface area contributed by atoms with E-state index in [0.717, 1.165) is 16.6 Å². The second-order valence-electron chi connectivity index (χ2n) is 3.21. The number of aromatic nitrogens is 1. The number of carbonyl (C=O) groups excluding carboxylic acids is 1. The molecule has 0 aliphatic carbocycles. The minimum absolute atomic E-state index is 0.588. The molecule has 1 aromatic carbocycles. The van der Waals surface area contributed by atoms with E-state index in [1.165, 1.54) is 0 Å². The second kappa shape index (κ2) is 3.87. The molecule has 0 radical (unpaired) electrons. The van der Waals surface area contributed by atoms with E-state index in [2.05, 4.69) is 10.3 Å². The highest BCUT2D eigenvalue weighted by atomic mass is 35.5. The number of nitrogens with one attached hydrogen (secondary N) is 1. The van der Waals surface area contributed by atoms with Crippen LogP contribution in [0, 0.1) is 6.92 Å². The quantitative estimate of drug-likeness (QED) is 0.791. The van der Waals surface area contributed by atoms with Crippen LogP contribution >= 0.6 is 11.6 Å². The highest BCUT2D eigenvalue weighted by molar-refractivity contribution is 6.35. The number of carbonyl (C=O) groups is 1. The van der Waals surface area contributed by atoms with Crippen molar-refractivity contribution in [3.63, 3.8) is 0 Å². The SMILES string of the molecule is Cc1ccnc2c(Cl)ccc(NC=O)c12. The normalized spacial score (nSPS) is 10.3. The maximum Gasteiger partial charge on any atom is 0.211 e. The van der Waals surface area contributed by atoms with Crippen molar-refractivity contribution in [3.8, 4) is 0 Å². The van der Waals surface area contributed by atoms with Crippen LogP contribution in [0.15, 0.2) is 24.4 Å². The third kappa shape index (κ3) is 1.66. The molecule has 1 aromatic heterocycles. The van der Waals surface area contributed by atoms with Crippen molar-refractivity contribution in [2.45, 2.75) is 6.92 Å². The maximum atomic E-state index is 10.4. The minimum Gasteiger partial charge on any atom is -0.328 e. The van der Waals surface area contributed by atoms with Crippen LogP contribution in [0.2, 0.25) is 5.02 Å². The zero-order chi connectivity index (χ0) is 10.8. The Morgan fingerprint density at radius 1 is 1.40 bits per heavy atom. The van der Waals surface area contributed by atoms with Crippen LogP contribution < -0.4 is 5.32 Å². The topological polar surface area (TPSA) is 42.0 Å². The lowest BCUT2D eigenvalue weighted by Crippen LogP contribution is -1.96. The van der Waals surface area contributed by atoms with Gasteiger partial charge in [-0.05, 0) is 30.7 Å². The van der Waals surface area contributed by atoms with Crippen LogP contribution in [0.3, 0.4) is 0 Å². The van der Waals surface area contributed by atoms with Gasteiger partial charge in [0.15, 0.2) is 0 Å². The first-order valence-electron chi connectivity index (χ1n) is 4.48. The summed E-state index contributed by atoms with van der Waals surface area (Å²) in [7, 11) is 0. The van der Waals surface area contributed by atoms with Crippen molar-refractivity contribution in [2.24, 2.45) is 0 Å². The third-order valence-corrected chi connectivity index (χ3v) is 2.57. The van der Waals surface area contributed by atoms with Crippen LogP contribution in [0.5, 0.6) is 0 Å². The molecule has 0 unspecified atom stereocenters. The molecule has 1 N–H and O–H groups in total. The van der Waals surface area contributed by atoms with E-state index in [1.807, 2.05) is 13.0 Å². The smallest absolute Gasteiger partial charge is 0.211 e. The third-order valence-electron chi connectivity index (χ3n) is 2.27. The Labute approximate surface area is 92.1 Å². The maximum absolute atomic E-state index is 10.4. The Bertz CT molecular complexity index is 525. The first-order chi connectivity index (χ1) is 7.24.